The maximum atomic E-state index is 11.4. The van der Waals surface area contributed by atoms with Crippen molar-refractivity contribution < 1.29 is 4.79 Å². The summed E-state index contributed by atoms with van der Waals surface area (Å²) in [5, 5.41) is 0. The van der Waals surface area contributed by atoms with Gasteiger partial charge in [0.1, 0.15) is 0 Å². The van der Waals surface area contributed by atoms with Crippen LogP contribution in [0.1, 0.15) is 15.9 Å². The second-order valence-corrected chi connectivity index (χ2v) is 3.77. The van der Waals surface area contributed by atoms with Crippen molar-refractivity contribution in [2.75, 3.05) is 0 Å². The summed E-state index contributed by atoms with van der Waals surface area (Å²) in [5.41, 5.74) is 14.3. The van der Waals surface area contributed by atoms with Crippen molar-refractivity contribution in [3.63, 3.8) is 0 Å². The average Bonchev–Trinajstić information content (AvgIpc) is 2.38. The van der Waals surface area contributed by atoms with E-state index in [1.165, 1.54) is 0 Å². The number of hydrogen-bond acceptors (Lipinski definition) is 2. The molecule has 0 saturated heterocycles. The lowest BCUT2D eigenvalue weighted by Crippen LogP contribution is -2.14. The molecule has 0 bridgehead atoms. The topological polar surface area (TPSA) is 69.1 Å². The van der Waals surface area contributed by atoms with Crippen LogP contribution in [0.3, 0.4) is 0 Å². The molecule has 0 aliphatic heterocycles. The molecule has 17 heavy (non-hydrogen) atoms. The van der Waals surface area contributed by atoms with Gasteiger partial charge in [-0.25, -0.2) is 0 Å². The molecule has 0 unspecified atom stereocenters. The molecule has 3 heteroatoms. The van der Waals surface area contributed by atoms with Crippen LogP contribution >= 0.6 is 0 Å². The van der Waals surface area contributed by atoms with E-state index in [1.807, 2.05) is 36.4 Å². The monoisotopic (exact) mass is 226 g/mol. The predicted octanol–water partition coefficient (Wildman–Crippen LogP) is 1.91. The zero-order valence-corrected chi connectivity index (χ0v) is 9.39. The third-order valence-corrected chi connectivity index (χ3v) is 2.70. The Morgan fingerprint density at radius 3 is 2.29 bits per heavy atom. The number of rotatable bonds is 3. The molecule has 86 valence electrons. The molecule has 1 amide bonds. The van der Waals surface area contributed by atoms with Crippen molar-refractivity contribution in [1.82, 2.24) is 0 Å². The van der Waals surface area contributed by atoms with Gasteiger partial charge in [0.05, 0.1) is 0 Å². The van der Waals surface area contributed by atoms with Crippen LogP contribution in [-0.2, 0) is 6.54 Å². The van der Waals surface area contributed by atoms with E-state index in [0.717, 1.165) is 16.7 Å². The zero-order chi connectivity index (χ0) is 12.3. The Kier molecular flexibility index (Phi) is 3.21. The van der Waals surface area contributed by atoms with Gasteiger partial charge in [-0.05, 0) is 22.8 Å². The maximum absolute atomic E-state index is 11.4. The Morgan fingerprint density at radius 1 is 1.00 bits per heavy atom. The molecule has 2 aromatic rings. The van der Waals surface area contributed by atoms with E-state index in [1.54, 1.807) is 12.1 Å². The average molecular weight is 226 g/mol. The van der Waals surface area contributed by atoms with Crippen molar-refractivity contribution in [1.29, 1.82) is 0 Å². The molecule has 0 saturated carbocycles. The van der Waals surface area contributed by atoms with Crippen LogP contribution in [0.25, 0.3) is 11.1 Å². The third-order valence-electron chi connectivity index (χ3n) is 2.70. The molecular weight excluding hydrogens is 212 g/mol. The van der Waals surface area contributed by atoms with Crippen molar-refractivity contribution in [3.8, 4) is 11.1 Å². The maximum Gasteiger partial charge on any atom is 0.249 e. The Labute approximate surface area is 100 Å². The van der Waals surface area contributed by atoms with Gasteiger partial charge < -0.3 is 11.5 Å². The van der Waals surface area contributed by atoms with E-state index in [4.69, 9.17) is 11.5 Å². The summed E-state index contributed by atoms with van der Waals surface area (Å²) in [4.78, 5) is 11.4. The first-order chi connectivity index (χ1) is 8.24. The van der Waals surface area contributed by atoms with E-state index >= 15 is 0 Å². The van der Waals surface area contributed by atoms with Crippen LogP contribution in [0.5, 0.6) is 0 Å². The highest BCUT2D eigenvalue weighted by molar-refractivity contribution is 6.00. The van der Waals surface area contributed by atoms with Gasteiger partial charge in [0.25, 0.3) is 0 Å². The quantitative estimate of drug-likeness (QED) is 0.839. The van der Waals surface area contributed by atoms with Gasteiger partial charge in [-0.2, -0.15) is 0 Å². The molecule has 0 fully saturated rings. The van der Waals surface area contributed by atoms with Crippen molar-refractivity contribution in [3.05, 3.63) is 59.7 Å². The number of carbonyl (C=O) groups is 1. The van der Waals surface area contributed by atoms with Gasteiger partial charge in [0.2, 0.25) is 5.91 Å². The molecule has 0 aliphatic rings. The van der Waals surface area contributed by atoms with Gasteiger partial charge in [-0.15, -0.1) is 0 Å². The van der Waals surface area contributed by atoms with Gasteiger partial charge >= 0.3 is 0 Å². The highest BCUT2D eigenvalue weighted by Crippen LogP contribution is 2.27. The van der Waals surface area contributed by atoms with E-state index < -0.39 is 5.91 Å². The van der Waals surface area contributed by atoms with Gasteiger partial charge in [-0.3, -0.25) is 4.79 Å². The summed E-state index contributed by atoms with van der Waals surface area (Å²) >= 11 is 0. The molecule has 2 aromatic carbocycles. The Bertz CT molecular complexity index is 535. The van der Waals surface area contributed by atoms with Gasteiger partial charge in [0.15, 0.2) is 0 Å². The molecule has 0 atom stereocenters. The van der Waals surface area contributed by atoms with Crippen molar-refractivity contribution in [2.45, 2.75) is 6.54 Å². The molecule has 0 spiro atoms. The molecular formula is C14H14N2O. The summed E-state index contributed by atoms with van der Waals surface area (Å²) in [6, 6.07) is 15.1. The first kappa shape index (κ1) is 11.4. The minimum atomic E-state index is -0.431. The number of carbonyl (C=O) groups excluding carboxylic acids is 1. The lowest BCUT2D eigenvalue weighted by molar-refractivity contribution is 0.100. The fraction of sp³-hybridized carbons (Fsp3) is 0.0714. The van der Waals surface area contributed by atoms with Crippen molar-refractivity contribution >= 4 is 5.91 Å². The fourth-order valence-corrected chi connectivity index (χ4v) is 1.92. The van der Waals surface area contributed by atoms with Crippen LogP contribution < -0.4 is 11.5 Å². The van der Waals surface area contributed by atoms with E-state index in [-0.39, 0.29) is 0 Å². The van der Waals surface area contributed by atoms with E-state index in [0.29, 0.717) is 12.1 Å². The summed E-state index contributed by atoms with van der Waals surface area (Å²) < 4.78 is 0. The predicted molar refractivity (Wildman–Crippen MR) is 68.3 cm³/mol. The Morgan fingerprint density at radius 2 is 1.71 bits per heavy atom. The van der Waals surface area contributed by atoms with Crippen molar-refractivity contribution in [2.24, 2.45) is 11.5 Å². The van der Waals surface area contributed by atoms with E-state index in [9.17, 15) is 4.79 Å². The number of primary amides is 1. The number of benzene rings is 2. The van der Waals surface area contributed by atoms with E-state index in [2.05, 4.69) is 0 Å². The second-order valence-electron chi connectivity index (χ2n) is 3.77. The largest absolute Gasteiger partial charge is 0.366 e. The van der Waals surface area contributed by atoms with Crippen LogP contribution in [0, 0.1) is 0 Å². The summed E-state index contributed by atoms with van der Waals surface area (Å²) in [6.45, 7) is 0.380. The smallest absolute Gasteiger partial charge is 0.249 e. The number of amides is 1. The van der Waals surface area contributed by atoms with Gasteiger partial charge in [0, 0.05) is 12.1 Å². The second kappa shape index (κ2) is 4.80. The minimum Gasteiger partial charge on any atom is -0.366 e. The summed E-state index contributed by atoms with van der Waals surface area (Å²) in [7, 11) is 0. The molecule has 4 N–H and O–H groups in total. The molecule has 3 nitrogen and oxygen atoms in total. The molecule has 0 aromatic heterocycles. The van der Waals surface area contributed by atoms with Crippen LogP contribution in [0.15, 0.2) is 48.5 Å². The lowest BCUT2D eigenvalue weighted by atomic mass is 9.94. The summed E-state index contributed by atoms with van der Waals surface area (Å²) in [5.74, 6) is -0.431. The fourth-order valence-electron chi connectivity index (χ4n) is 1.92. The van der Waals surface area contributed by atoms with Crippen LogP contribution in [0.2, 0.25) is 0 Å². The number of hydrogen-bond donors (Lipinski definition) is 2. The first-order valence-electron chi connectivity index (χ1n) is 5.41. The highest BCUT2D eigenvalue weighted by Gasteiger charge is 2.12. The molecule has 2 rings (SSSR count). The molecule has 0 radical (unpaired) electrons. The van der Waals surface area contributed by atoms with Gasteiger partial charge in [-0.1, -0.05) is 42.5 Å². The first-order valence-corrected chi connectivity index (χ1v) is 5.41. The molecule has 0 heterocycles. The Balaban J connectivity index is 2.69. The summed E-state index contributed by atoms with van der Waals surface area (Å²) in [6.07, 6.45) is 0. The minimum absolute atomic E-state index is 0.380. The zero-order valence-electron chi connectivity index (χ0n) is 9.39. The highest BCUT2D eigenvalue weighted by atomic mass is 16.1. The van der Waals surface area contributed by atoms with Crippen LogP contribution in [0.4, 0.5) is 0 Å². The standard InChI is InChI=1S/C14H14N2O/c15-9-11-7-4-8-12(14(16)17)13(11)10-5-2-1-3-6-10/h1-8H,9,15H2,(H2,16,17). The normalized spacial score (nSPS) is 10.2. The third kappa shape index (κ3) is 2.19. The molecule has 0 aliphatic carbocycles. The Hall–Kier alpha value is -2.13. The number of nitrogens with two attached hydrogens (primary N) is 2. The van der Waals surface area contributed by atoms with Crippen LogP contribution in [-0.4, -0.2) is 5.91 Å². The lowest BCUT2D eigenvalue weighted by Gasteiger charge is -2.11. The SMILES string of the molecule is NCc1cccc(C(N)=O)c1-c1ccccc1.